The second-order valence-electron chi connectivity index (χ2n) is 0. The summed E-state index contributed by atoms with van der Waals surface area (Å²) >= 11 is 0. The van der Waals surface area contributed by atoms with E-state index in [0.29, 0.717) is 0 Å². The van der Waals surface area contributed by atoms with E-state index in [1.807, 2.05) is 0 Å². The molecule has 163 N–H and O–H groups in total. The van der Waals surface area contributed by atoms with Gasteiger partial charge in [0.1, 0.15) is 0 Å². The van der Waals surface area contributed by atoms with Crippen molar-refractivity contribution in [2.75, 3.05) is 0 Å². The van der Waals surface area contributed by atoms with E-state index in [0.717, 1.165) is 0 Å². The minimum absolute atomic E-state index is 0. The zero-order chi connectivity index (χ0) is 0. The number of hydrogen-bond donors (Lipinski definition) is 0. The van der Waals surface area contributed by atoms with Gasteiger partial charge >= 0.3 is 207 Å². The van der Waals surface area contributed by atoms with Gasteiger partial charge in [-0.1, -0.05) is 0 Å². The molecular formula is H163Na7O85. The first kappa shape index (κ1) is 66000. The van der Waals surface area contributed by atoms with Gasteiger partial charge in [0.25, 0.3) is 0 Å². The molecule has 0 saturated heterocycles. The van der Waals surface area contributed by atoms with E-state index in [2.05, 4.69) is 0 Å². The smallest absolute Gasteiger partial charge is 0.870 e. The summed E-state index contributed by atoms with van der Waals surface area (Å²) in [4.78, 5) is 0. The van der Waals surface area contributed by atoms with E-state index >= 15 is 0 Å². The summed E-state index contributed by atoms with van der Waals surface area (Å²) in [6.45, 7) is 0. The summed E-state index contributed by atoms with van der Waals surface area (Å²) in [6, 6.07) is 0. The first-order chi connectivity index (χ1) is 0. The Morgan fingerprint density at radius 2 is 0.0326 bits per heavy atom. The van der Waals surface area contributed by atoms with Crippen molar-refractivity contribution in [3.05, 3.63) is 0 Å². The molecule has 0 aliphatic rings. The molecule has 0 aliphatic heterocycles. The van der Waals surface area contributed by atoms with Crippen molar-refractivity contribution in [2.24, 2.45) is 0 Å². The van der Waals surface area contributed by atoms with Crippen LogP contribution in [0, 0.1) is 0 Å². The minimum atomic E-state index is 0. The number of hydrogen-bond acceptors (Lipinski definition) is 7. The minimum Gasteiger partial charge on any atom is -0.870 e. The van der Waals surface area contributed by atoms with Crippen LogP contribution in [0.1, 0.15) is 0 Å². The fourth-order valence-corrected chi connectivity index (χ4v) is 0. The fraction of sp³-hybridized carbons (Fsp3) is 0. The molecule has 0 radical (unpaired) electrons. The molecule has 0 aromatic carbocycles. The van der Waals surface area contributed by atoms with Crippen LogP contribution in [0.2, 0.25) is 0 Å². The summed E-state index contributed by atoms with van der Waals surface area (Å²) in [7, 11) is 0. The van der Waals surface area contributed by atoms with Crippen molar-refractivity contribution >= 4 is 0 Å². The van der Waals surface area contributed by atoms with Crippen molar-refractivity contribution in [3.63, 3.8) is 0 Å². The summed E-state index contributed by atoms with van der Waals surface area (Å²) < 4.78 is 0. The molecule has 0 unspecified atom stereocenters. The maximum atomic E-state index is 0. The van der Waals surface area contributed by atoms with Gasteiger partial charge in [0, 0.05) is 0 Å². The van der Waals surface area contributed by atoms with Crippen molar-refractivity contribution in [1.82, 2.24) is 0 Å². The SMILES string of the molecule is O.O.O.O.O.O.O.O.O.O.O.O.O.O.O.O.O.O.O.O.O.O.O.O.O.O.O.O.O.O.O.O.O.O.O.O.O.O.O.O.O.O.O.O.O.O.O.O.O.O.O.O.O.O.O.O.O.O.O.O.O.O.O.O.O.O.O.O.O.O.O.O.O.O.O.O.O.O.[Na+].[Na+].[Na+].[Na+].[Na+].[Na+].[Na+].[OH-].[OH-].[OH-].[OH-].[OH-].[OH-].[OH-]. The van der Waals surface area contributed by atoms with Gasteiger partial charge in [0.15, 0.2) is 0 Å². The van der Waals surface area contributed by atoms with Crippen molar-refractivity contribution in [3.8, 4) is 0 Å². The first-order valence-corrected chi connectivity index (χ1v) is 0. The third-order valence-corrected chi connectivity index (χ3v) is 0. The Bertz CT molecular complexity index is 35.7. The first-order valence-electron chi connectivity index (χ1n) is 0. The second-order valence-corrected chi connectivity index (χ2v) is 0. The molecule has 0 amide bonds. The third kappa shape index (κ3) is 61900. The van der Waals surface area contributed by atoms with E-state index in [1.54, 1.807) is 0 Å². The van der Waals surface area contributed by atoms with Gasteiger partial charge in [-0.3, -0.25) is 0 Å². The third-order valence-electron chi connectivity index (χ3n) is 0. The molecule has 0 heterocycles. The van der Waals surface area contributed by atoms with Crippen LogP contribution in [0.4, 0.5) is 0 Å². The van der Waals surface area contributed by atoms with Gasteiger partial charge in [-0.05, 0) is 0 Å². The largest absolute Gasteiger partial charge is 1.00 e. The van der Waals surface area contributed by atoms with Crippen LogP contribution in [0.25, 0.3) is 0 Å². The molecule has 0 atom stereocenters. The Labute approximate surface area is 666 Å². The quantitative estimate of drug-likeness (QED) is 0.211. The van der Waals surface area contributed by atoms with Gasteiger partial charge < -0.3 is 465 Å². The Hall–Kier alpha value is 3.60. The van der Waals surface area contributed by atoms with Crippen LogP contribution in [-0.2, 0) is 0 Å². The molecule has 0 spiro atoms. The predicted octanol–water partition coefficient (Wildman–Crippen LogP) is -86.5. The van der Waals surface area contributed by atoms with Crippen LogP contribution < -0.4 is 207 Å². The number of rotatable bonds is 0. The molecule has 0 aliphatic carbocycles. The van der Waals surface area contributed by atoms with Gasteiger partial charge in [-0.2, -0.15) is 0 Å². The maximum absolute atomic E-state index is 0. The molecule has 92 heavy (non-hydrogen) atoms. The van der Waals surface area contributed by atoms with Gasteiger partial charge in [-0.15, -0.1) is 0 Å². The summed E-state index contributed by atoms with van der Waals surface area (Å²) in [5.41, 5.74) is 0. The van der Waals surface area contributed by atoms with Crippen molar-refractivity contribution in [2.45, 2.75) is 0 Å². The Morgan fingerprint density at radius 3 is 0.0326 bits per heavy atom. The van der Waals surface area contributed by atoms with Crippen LogP contribution in [0.15, 0.2) is 0 Å². The van der Waals surface area contributed by atoms with E-state index in [-0.39, 0.29) is 672 Å². The van der Waals surface area contributed by atoms with Gasteiger partial charge in [-0.25, -0.2) is 0 Å². The molecule has 0 aromatic heterocycles. The molecule has 0 rings (SSSR count). The van der Waals surface area contributed by atoms with Crippen molar-refractivity contribution in [1.29, 1.82) is 0 Å². The van der Waals surface area contributed by atoms with Gasteiger partial charge in [0.05, 0.1) is 0 Å². The summed E-state index contributed by atoms with van der Waals surface area (Å²) in [6.07, 6.45) is 0. The Kier molecular flexibility index (Phi) is 45900000. The Morgan fingerprint density at radius 1 is 0.0326 bits per heavy atom. The predicted molar refractivity (Wildman–Crippen MR) is 295 cm³/mol. The fourth-order valence-electron chi connectivity index (χ4n) is 0. The molecule has 0 aromatic rings. The van der Waals surface area contributed by atoms with Gasteiger partial charge in [0.2, 0.25) is 0 Å². The van der Waals surface area contributed by atoms with E-state index < -0.39 is 0 Å². The van der Waals surface area contributed by atoms with E-state index in [4.69, 9.17) is 0 Å². The zero-order valence-electron chi connectivity index (χ0n) is 49.1. The topological polar surface area (TPSA) is 2670 Å². The zero-order valence-corrected chi connectivity index (χ0v) is 63.1. The summed E-state index contributed by atoms with van der Waals surface area (Å²) in [5.74, 6) is 0. The normalized spacial score (nSPS) is 0. The molecule has 92 heteroatoms. The monoisotopic (exact) mass is 1680 g/mol. The molecular weight excluding hydrogens is 1520 g/mol. The van der Waals surface area contributed by atoms with Crippen LogP contribution in [0.5, 0.6) is 0 Å². The van der Waals surface area contributed by atoms with E-state index in [9.17, 15) is 0 Å². The average Bonchev–Trinajstić information content (AvgIpc) is 0. The summed E-state index contributed by atoms with van der Waals surface area (Å²) in [5, 5.41) is 0. The van der Waals surface area contributed by atoms with Crippen LogP contribution in [0.3, 0.4) is 0 Å². The molecule has 85 nitrogen and oxygen atoms in total. The van der Waals surface area contributed by atoms with Crippen LogP contribution >= 0.6 is 0 Å². The molecule has 0 bridgehead atoms. The van der Waals surface area contributed by atoms with Crippen LogP contribution in [-0.4, -0.2) is 465 Å². The standard InChI is InChI=1S/7Na.85H2O/h;;;;;;;85*1H2/q7*+1;;;;;;;;;;;;;;;;;;;;;;;;;;;;;;;;;;;;;;;;;;;;;;;;;;;;;;;;;;;;;;;;;;;;;;;;;;;;;;;;;;;;;/p-7. The second kappa shape index (κ2) is 63900. The van der Waals surface area contributed by atoms with Crippen molar-refractivity contribution < 1.29 is 672 Å². The van der Waals surface area contributed by atoms with E-state index in [1.165, 1.54) is 0 Å². The maximum Gasteiger partial charge on any atom is 1.00 e. The molecule has 0 saturated carbocycles. The average molecular weight is 1690 g/mol. The molecule has 680 valence electrons. The molecule has 0 fully saturated rings. The Balaban J connectivity index is 0.